The molecule has 21 heavy (non-hydrogen) atoms. The van der Waals surface area contributed by atoms with Crippen LogP contribution in [0, 0.1) is 5.92 Å². The molecule has 1 aromatic carbocycles. The first-order valence-electron chi connectivity index (χ1n) is 7.78. The molecule has 0 bridgehead atoms. The molecule has 4 heteroatoms. The molecule has 2 fully saturated rings. The Balaban J connectivity index is 1.93. The largest absolute Gasteiger partial charge is 0.493 e. The van der Waals surface area contributed by atoms with E-state index in [1.165, 1.54) is 24.8 Å². The van der Waals surface area contributed by atoms with Crippen molar-refractivity contribution in [2.45, 2.75) is 44.1 Å². The molecule has 1 N–H and O–H groups in total. The first kappa shape index (κ1) is 14.7. The van der Waals surface area contributed by atoms with Gasteiger partial charge in [-0.25, -0.2) is 0 Å². The van der Waals surface area contributed by atoms with Crippen LogP contribution in [0.15, 0.2) is 18.2 Å². The summed E-state index contributed by atoms with van der Waals surface area (Å²) in [5, 5.41) is 12.0. The van der Waals surface area contributed by atoms with Gasteiger partial charge < -0.3 is 14.7 Å². The number of hydrogen-bond donors (Lipinski definition) is 1. The molecular weight excluding hydrogens is 266 g/mol. The summed E-state index contributed by atoms with van der Waals surface area (Å²) in [5.74, 6) is 2.39. The summed E-state index contributed by atoms with van der Waals surface area (Å²) in [4.78, 5) is 0. The van der Waals surface area contributed by atoms with Gasteiger partial charge in [-0.3, -0.25) is 0 Å². The summed E-state index contributed by atoms with van der Waals surface area (Å²) in [7, 11) is 3.32. The summed E-state index contributed by atoms with van der Waals surface area (Å²) in [6, 6.07) is 6.15. The Labute approximate surface area is 126 Å². The Bertz CT molecular complexity index is 519. The molecule has 1 saturated heterocycles. The summed E-state index contributed by atoms with van der Waals surface area (Å²) < 4.78 is 10.7. The third kappa shape index (κ3) is 2.30. The van der Waals surface area contributed by atoms with Gasteiger partial charge in [-0.1, -0.05) is 18.9 Å². The lowest BCUT2D eigenvalue weighted by Crippen LogP contribution is -2.45. The first-order valence-corrected chi connectivity index (χ1v) is 7.78. The molecule has 0 amide bonds. The second-order valence-electron chi connectivity index (χ2n) is 6.51. The molecule has 1 saturated carbocycles. The van der Waals surface area contributed by atoms with Crippen LogP contribution in [0.3, 0.4) is 0 Å². The average molecular weight is 291 g/mol. The van der Waals surface area contributed by atoms with E-state index in [0.29, 0.717) is 18.4 Å². The molecule has 2 aliphatic rings. The van der Waals surface area contributed by atoms with Gasteiger partial charge >= 0.3 is 0 Å². The van der Waals surface area contributed by atoms with Gasteiger partial charge in [0.15, 0.2) is 11.5 Å². The number of nitrogens with zero attached hydrogens (tertiary/aromatic N) is 1. The molecule has 1 aliphatic heterocycles. The molecule has 0 radical (unpaired) electrons. The van der Waals surface area contributed by atoms with E-state index in [-0.39, 0.29) is 5.54 Å². The van der Waals surface area contributed by atoms with Crippen molar-refractivity contribution < 1.29 is 14.7 Å². The van der Waals surface area contributed by atoms with E-state index >= 15 is 0 Å². The van der Waals surface area contributed by atoms with Gasteiger partial charge in [0.2, 0.25) is 0 Å². The SMILES string of the molecule is COc1ccc(C2CN(O)C3(C)CCCCC23)cc1OC. The molecular formula is C17H25NO3. The lowest BCUT2D eigenvalue weighted by molar-refractivity contribution is -0.159. The summed E-state index contributed by atoms with van der Waals surface area (Å²) in [6.45, 7) is 2.91. The zero-order chi connectivity index (χ0) is 15.0. The van der Waals surface area contributed by atoms with Crippen LogP contribution < -0.4 is 9.47 Å². The molecule has 0 spiro atoms. The van der Waals surface area contributed by atoms with Crippen LogP contribution in [0.25, 0.3) is 0 Å². The highest BCUT2D eigenvalue weighted by Crippen LogP contribution is 2.51. The number of hydroxylamine groups is 2. The van der Waals surface area contributed by atoms with Gasteiger partial charge in [0.05, 0.1) is 14.2 Å². The van der Waals surface area contributed by atoms with Crippen LogP contribution in [0.4, 0.5) is 0 Å². The van der Waals surface area contributed by atoms with Gasteiger partial charge in [0, 0.05) is 18.0 Å². The van der Waals surface area contributed by atoms with Gasteiger partial charge in [0.25, 0.3) is 0 Å². The topological polar surface area (TPSA) is 41.9 Å². The fourth-order valence-corrected chi connectivity index (χ4v) is 4.24. The molecule has 3 atom stereocenters. The molecule has 116 valence electrons. The van der Waals surface area contributed by atoms with Crippen LogP contribution in [-0.4, -0.2) is 36.6 Å². The van der Waals surface area contributed by atoms with E-state index in [0.717, 1.165) is 17.9 Å². The van der Waals surface area contributed by atoms with E-state index in [4.69, 9.17) is 9.47 Å². The normalized spacial score (nSPS) is 32.8. The van der Waals surface area contributed by atoms with Crippen molar-refractivity contribution in [3.05, 3.63) is 23.8 Å². The van der Waals surface area contributed by atoms with E-state index < -0.39 is 0 Å². The second kappa shape index (κ2) is 5.50. The minimum atomic E-state index is -0.0733. The summed E-state index contributed by atoms with van der Waals surface area (Å²) in [6.07, 6.45) is 4.74. The number of ether oxygens (including phenoxy) is 2. The van der Waals surface area contributed by atoms with Crippen molar-refractivity contribution in [2.24, 2.45) is 5.92 Å². The third-order valence-corrected chi connectivity index (χ3v) is 5.53. The van der Waals surface area contributed by atoms with Crippen LogP contribution in [-0.2, 0) is 0 Å². The Morgan fingerprint density at radius 1 is 1.19 bits per heavy atom. The van der Waals surface area contributed by atoms with E-state index in [1.54, 1.807) is 19.3 Å². The quantitative estimate of drug-likeness (QED) is 0.926. The fraction of sp³-hybridized carbons (Fsp3) is 0.647. The molecule has 3 unspecified atom stereocenters. The predicted octanol–water partition coefficient (Wildman–Crippen LogP) is 3.44. The van der Waals surface area contributed by atoms with Gasteiger partial charge in [-0.05, 0) is 43.4 Å². The minimum absolute atomic E-state index is 0.0733. The highest BCUT2D eigenvalue weighted by molar-refractivity contribution is 5.44. The minimum Gasteiger partial charge on any atom is -0.493 e. The number of fused-ring (bicyclic) bond motifs is 1. The molecule has 1 aromatic rings. The zero-order valence-electron chi connectivity index (χ0n) is 13.1. The van der Waals surface area contributed by atoms with Crippen molar-refractivity contribution >= 4 is 0 Å². The Morgan fingerprint density at radius 3 is 2.67 bits per heavy atom. The highest BCUT2D eigenvalue weighted by Gasteiger charge is 2.51. The number of benzene rings is 1. The summed E-state index contributed by atoms with van der Waals surface area (Å²) in [5.41, 5.74) is 1.16. The monoisotopic (exact) mass is 291 g/mol. The molecule has 4 nitrogen and oxygen atoms in total. The predicted molar refractivity (Wildman–Crippen MR) is 81.1 cm³/mol. The van der Waals surface area contributed by atoms with Crippen molar-refractivity contribution in [1.82, 2.24) is 5.06 Å². The molecule has 1 aliphatic carbocycles. The van der Waals surface area contributed by atoms with Crippen LogP contribution in [0.2, 0.25) is 0 Å². The number of methoxy groups -OCH3 is 2. The van der Waals surface area contributed by atoms with Crippen LogP contribution in [0.5, 0.6) is 11.5 Å². The van der Waals surface area contributed by atoms with Crippen LogP contribution >= 0.6 is 0 Å². The second-order valence-corrected chi connectivity index (χ2v) is 6.51. The van der Waals surface area contributed by atoms with Crippen molar-refractivity contribution in [1.29, 1.82) is 0 Å². The smallest absolute Gasteiger partial charge is 0.160 e. The fourth-order valence-electron chi connectivity index (χ4n) is 4.24. The van der Waals surface area contributed by atoms with Crippen molar-refractivity contribution in [3.63, 3.8) is 0 Å². The lowest BCUT2D eigenvalue weighted by Gasteiger charge is -2.40. The molecule has 1 heterocycles. The molecule has 3 rings (SSSR count). The van der Waals surface area contributed by atoms with Crippen LogP contribution in [0.1, 0.15) is 44.1 Å². The van der Waals surface area contributed by atoms with Crippen molar-refractivity contribution in [2.75, 3.05) is 20.8 Å². The zero-order valence-corrected chi connectivity index (χ0v) is 13.1. The van der Waals surface area contributed by atoms with E-state index in [1.807, 2.05) is 6.07 Å². The Kier molecular flexibility index (Phi) is 3.84. The maximum Gasteiger partial charge on any atom is 0.160 e. The Morgan fingerprint density at radius 2 is 1.95 bits per heavy atom. The van der Waals surface area contributed by atoms with Crippen molar-refractivity contribution in [3.8, 4) is 11.5 Å². The first-order chi connectivity index (χ1) is 10.1. The maximum absolute atomic E-state index is 10.4. The number of rotatable bonds is 3. The van der Waals surface area contributed by atoms with Gasteiger partial charge in [-0.15, -0.1) is 0 Å². The highest BCUT2D eigenvalue weighted by atomic mass is 16.5. The standard InChI is InChI=1S/C17H25NO3/c1-17-9-5-4-6-14(17)13(11-18(17)19)12-7-8-15(20-2)16(10-12)21-3/h7-8,10,13-14,19H,4-6,9,11H2,1-3H3. The third-order valence-electron chi connectivity index (χ3n) is 5.53. The molecule has 0 aromatic heterocycles. The summed E-state index contributed by atoms with van der Waals surface area (Å²) >= 11 is 0. The van der Waals surface area contributed by atoms with E-state index in [2.05, 4.69) is 19.1 Å². The van der Waals surface area contributed by atoms with Gasteiger partial charge in [0.1, 0.15) is 0 Å². The average Bonchev–Trinajstić information content (AvgIpc) is 2.78. The van der Waals surface area contributed by atoms with Gasteiger partial charge in [-0.2, -0.15) is 5.06 Å². The van der Waals surface area contributed by atoms with E-state index in [9.17, 15) is 5.21 Å². The number of hydrogen-bond acceptors (Lipinski definition) is 4. The maximum atomic E-state index is 10.4. The lowest BCUT2D eigenvalue weighted by atomic mass is 9.70. The Hall–Kier alpha value is -1.26.